The van der Waals surface area contributed by atoms with E-state index in [0.717, 1.165) is 11.3 Å². The molecule has 5 heteroatoms. The van der Waals surface area contributed by atoms with Gasteiger partial charge in [-0.3, -0.25) is 9.59 Å². The molecule has 1 heterocycles. The molecule has 0 aromatic heterocycles. The molecule has 5 nitrogen and oxygen atoms in total. The predicted octanol–water partition coefficient (Wildman–Crippen LogP) is 1.68. The first kappa shape index (κ1) is 13.4. The van der Waals surface area contributed by atoms with Gasteiger partial charge >= 0.3 is 11.9 Å². The molecular formula is C14H17NO4. The summed E-state index contributed by atoms with van der Waals surface area (Å²) >= 11 is 0. The highest BCUT2D eigenvalue weighted by atomic mass is 16.5. The molecule has 2 N–H and O–H groups in total. The molecule has 0 aliphatic carbocycles. The lowest BCUT2D eigenvalue weighted by molar-refractivity contribution is -0.150. The van der Waals surface area contributed by atoms with Crippen LogP contribution in [-0.4, -0.2) is 30.7 Å². The fraction of sp³-hybridized carbons (Fsp3) is 0.429. The molecule has 0 radical (unpaired) electrons. The third-order valence-electron chi connectivity index (χ3n) is 3.65. The zero-order chi connectivity index (χ0) is 13.9. The molecular weight excluding hydrogens is 246 g/mol. The van der Waals surface area contributed by atoms with E-state index in [1.54, 1.807) is 0 Å². The number of carbonyl (C=O) groups excluding carboxylic acids is 1. The minimum Gasteiger partial charge on any atom is -0.481 e. The second kappa shape index (κ2) is 5.30. The largest absolute Gasteiger partial charge is 0.481 e. The number of anilines is 1. The summed E-state index contributed by atoms with van der Waals surface area (Å²) in [7, 11) is 1.31. The highest BCUT2D eigenvalue weighted by Crippen LogP contribution is 2.36. The average Bonchev–Trinajstić information content (AvgIpc) is 2.44. The Balaban J connectivity index is 2.19. The zero-order valence-corrected chi connectivity index (χ0v) is 10.8. The highest BCUT2D eigenvalue weighted by molar-refractivity contribution is 5.79. The summed E-state index contributed by atoms with van der Waals surface area (Å²) in [5, 5.41) is 12.7. The van der Waals surface area contributed by atoms with Crippen molar-refractivity contribution < 1.29 is 19.4 Å². The molecule has 0 bridgehead atoms. The number of carboxylic acid groups (broad SMARTS) is 1. The molecule has 1 aliphatic rings. The van der Waals surface area contributed by atoms with E-state index in [0.29, 0.717) is 13.0 Å². The smallest absolute Gasteiger partial charge is 0.311 e. The quantitative estimate of drug-likeness (QED) is 0.808. The van der Waals surface area contributed by atoms with Crippen molar-refractivity contribution >= 4 is 17.6 Å². The van der Waals surface area contributed by atoms with Gasteiger partial charge in [0, 0.05) is 18.7 Å². The summed E-state index contributed by atoms with van der Waals surface area (Å²) in [5.41, 5.74) is 1.00. The van der Waals surface area contributed by atoms with Crippen molar-refractivity contribution in [3.63, 3.8) is 0 Å². The molecule has 19 heavy (non-hydrogen) atoms. The van der Waals surface area contributed by atoms with Gasteiger partial charge in [-0.1, -0.05) is 18.2 Å². The van der Waals surface area contributed by atoms with Crippen molar-refractivity contribution in [1.82, 2.24) is 0 Å². The second-order valence-corrected chi connectivity index (χ2v) is 4.85. The van der Waals surface area contributed by atoms with Gasteiger partial charge in [-0.2, -0.15) is 0 Å². The van der Waals surface area contributed by atoms with E-state index in [4.69, 9.17) is 0 Å². The van der Waals surface area contributed by atoms with Crippen LogP contribution < -0.4 is 5.32 Å². The van der Waals surface area contributed by atoms with Crippen molar-refractivity contribution in [1.29, 1.82) is 0 Å². The maximum absolute atomic E-state index is 11.6. The van der Waals surface area contributed by atoms with E-state index in [1.807, 2.05) is 24.3 Å². The van der Waals surface area contributed by atoms with Gasteiger partial charge in [0.25, 0.3) is 0 Å². The SMILES string of the molecule is COC(=O)CCC1(C(=O)O)CNc2ccccc2C1. The van der Waals surface area contributed by atoms with Gasteiger partial charge in [-0.05, 0) is 24.5 Å². The number of nitrogens with one attached hydrogen (secondary N) is 1. The monoisotopic (exact) mass is 263 g/mol. The Morgan fingerprint density at radius 1 is 1.42 bits per heavy atom. The molecule has 102 valence electrons. The van der Waals surface area contributed by atoms with Gasteiger partial charge in [-0.25, -0.2) is 0 Å². The minimum atomic E-state index is -0.942. The van der Waals surface area contributed by atoms with Crippen molar-refractivity contribution in [2.45, 2.75) is 19.3 Å². The third-order valence-corrected chi connectivity index (χ3v) is 3.65. The molecule has 0 amide bonds. The van der Waals surface area contributed by atoms with Gasteiger partial charge in [0.15, 0.2) is 0 Å². The lowest BCUT2D eigenvalue weighted by atomic mass is 9.75. The first-order valence-corrected chi connectivity index (χ1v) is 6.19. The Labute approximate surface area is 111 Å². The number of rotatable bonds is 4. The Morgan fingerprint density at radius 2 is 2.16 bits per heavy atom. The van der Waals surface area contributed by atoms with E-state index in [1.165, 1.54) is 7.11 Å². The van der Waals surface area contributed by atoms with Crippen LogP contribution in [0.5, 0.6) is 0 Å². The maximum atomic E-state index is 11.6. The molecule has 1 aromatic rings. The van der Waals surface area contributed by atoms with E-state index in [9.17, 15) is 14.7 Å². The molecule has 1 unspecified atom stereocenters. The normalized spacial score (nSPS) is 21.1. The lowest BCUT2D eigenvalue weighted by Crippen LogP contribution is -2.43. The van der Waals surface area contributed by atoms with E-state index in [-0.39, 0.29) is 18.8 Å². The summed E-state index contributed by atoms with van der Waals surface area (Å²) in [5.74, 6) is -1.25. The summed E-state index contributed by atoms with van der Waals surface area (Å²) in [6.07, 6.45) is 0.825. The number of ether oxygens (including phenoxy) is 1. The number of carbonyl (C=O) groups is 2. The number of methoxy groups -OCH3 is 1. The average molecular weight is 263 g/mol. The lowest BCUT2D eigenvalue weighted by Gasteiger charge is -2.35. The number of benzene rings is 1. The Kier molecular flexibility index (Phi) is 3.74. The van der Waals surface area contributed by atoms with Crippen LogP contribution in [0, 0.1) is 5.41 Å². The Hall–Kier alpha value is -2.04. The first-order valence-electron chi connectivity index (χ1n) is 6.19. The van der Waals surface area contributed by atoms with E-state index >= 15 is 0 Å². The van der Waals surface area contributed by atoms with Crippen LogP contribution in [0.2, 0.25) is 0 Å². The van der Waals surface area contributed by atoms with Crippen LogP contribution in [0.4, 0.5) is 5.69 Å². The van der Waals surface area contributed by atoms with Gasteiger partial charge in [0.05, 0.1) is 12.5 Å². The van der Waals surface area contributed by atoms with Crippen LogP contribution in [0.1, 0.15) is 18.4 Å². The molecule has 0 saturated carbocycles. The molecule has 0 saturated heterocycles. The molecule has 2 rings (SSSR count). The fourth-order valence-electron chi connectivity index (χ4n) is 2.42. The molecule has 1 aliphatic heterocycles. The van der Waals surface area contributed by atoms with Crippen LogP contribution in [0.25, 0.3) is 0 Å². The topological polar surface area (TPSA) is 75.6 Å². The molecule has 1 atom stereocenters. The van der Waals surface area contributed by atoms with Crippen LogP contribution in [0.3, 0.4) is 0 Å². The van der Waals surface area contributed by atoms with Crippen molar-refractivity contribution in [3.05, 3.63) is 29.8 Å². The zero-order valence-electron chi connectivity index (χ0n) is 10.8. The number of aliphatic carboxylic acids is 1. The summed E-state index contributed by atoms with van der Waals surface area (Å²) < 4.78 is 4.58. The van der Waals surface area contributed by atoms with Crippen molar-refractivity contribution in [2.75, 3.05) is 19.0 Å². The maximum Gasteiger partial charge on any atom is 0.311 e. The van der Waals surface area contributed by atoms with Crippen molar-refractivity contribution in [2.24, 2.45) is 5.41 Å². The van der Waals surface area contributed by atoms with Crippen LogP contribution >= 0.6 is 0 Å². The Morgan fingerprint density at radius 3 is 2.84 bits per heavy atom. The van der Waals surface area contributed by atoms with Gasteiger partial charge < -0.3 is 15.2 Å². The van der Waals surface area contributed by atoms with Crippen LogP contribution in [0.15, 0.2) is 24.3 Å². The van der Waals surface area contributed by atoms with Gasteiger partial charge in [0.2, 0.25) is 0 Å². The predicted molar refractivity (Wildman–Crippen MR) is 70.0 cm³/mol. The molecule has 1 aromatic carbocycles. The minimum absolute atomic E-state index is 0.118. The van der Waals surface area contributed by atoms with Crippen LogP contribution in [-0.2, 0) is 20.7 Å². The number of carboxylic acids is 1. The van der Waals surface area contributed by atoms with Crippen molar-refractivity contribution in [3.8, 4) is 0 Å². The number of fused-ring (bicyclic) bond motifs is 1. The molecule has 0 spiro atoms. The number of hydrogen-bond acceptors (Lipinski definition) is 4. The van der Waals surface area contributed by atoms with Gasteiger partial charge in [-0.15, -0.1) is 0 Å². The highest BCUT2D eigenvalue weighted by Gasteiger charge is 2.41. The summed E-state index contributed by atoms with van der Waals surface area (Å²) in [6, 6.07) is 7.64. The standard InChI is InChI=1S/C14H17NO4/c1-19-12(16)6-7-14(13(17)18)8-10-4-2-3-5-11(10)15-9-14/h2-5,15H,6-9H2,1H3,(H,17,18). The number of para-hydroxylation sites is 1. The number of esters is 1. The summed E-state index contributed by atoms with van der Waals surface area (Å²) in [4.78, 5) is 22.8. The molecule has 0 fully saturated rings. The first-order chi connectivity index (χ1) is 9.07. The van der Waals surface area contributed by atoms with E-state index in [2.05, 4.69) is 10.1 Å². The second-order valence-electron chi connectivity index (χ2n) is 4.85. The third kappa shape index (κ3) is 2.70. The number of hydrogen-bond donors (Lipinski definition) is 2. The Bertz CT molecular complexity index is 500. The van der Waals surface area contributed by atoms with Gasteiger partial charge in [0.1, 0.15) is 0 Å². The summed E-state index contributed by atoms with van der Waals surface area (Å²) in [6.45, 7) is 0.330. The van der Waals surface area contributed by atoms with E-state index < -0.39 is 11.4 Å². The fourth-order valence-corrected chi connectivity index (χ4v) is 2.42.